The fraction of sp³-hybridized carbons (Fsp3) is 0.238. The third kappa shape index (κ3) is 2.96. The lowest BCUT2D eigenvalue weighted by atomic mass is 9.98. The molecule has 0 radical (unpaired) electrons. The molecule has 26 heavy (non-hydrogen) atoms. The second-order valence-electron chi connectivity index (χ2n) is 6.64. The van der Waals surface area contributed by atoms with E-state index in [1.165, 1.54) is 11.1 Å². The van der Waals surface area contributed by atoms with Crippen molar-refractivity contribution in [3.8, 4) is 11.1 Å². The summed E-state index contributed by atoms with van der Waals surface area (Å²) in [7, 11) is 0. The fourth-order valence-electron chi connectivity index (χ4n) is 3.78. The number of carbonyl (C=O) groups excluding carboxylic acids is 1. The number of hydrogen-bond donors (Lipinski definition) is 2. The molecule has 0 saturated heterocycles. The largest absolute Gasteiger partial charge is 0.481 e. The number of fused-ring (bicyclic) bond motifs is 3. The van der Waals surface area contributed by atoms with Gasteiger partial charge in [-0.1, -0.05) is 60.7 Å². The first kappa shape index (κ1) is 16.4. The van der Waals surface area contributed by atoms with Gasteiger partial charge in [0, 0.05) is 5.92 Å². The monoisotopic (exact) mass is 349 g/mol. The molecule has 0 aromatic heterocycles. The molecule has 5 nitrogen and oxygen atoms in total. The van der Waals surface area contributed by atoms with Crippen LogP contribution in [0.2, 0.25) is 0 Å². The van der Waals surface area contributed by atoms with Gasteiger partial charge in [-0.3, -0.25) is 4.79 Å². The highest BCUT2D eigenvalue weighted by Crippen LogP contribution is 2.44. The molecular weight excluding hydrogens is 330 g/mol. The molecule has 0 aliphatic heterocycles. The second kappa shape index (κ2) is 6.67. The maximum absolute atomic E-state index is 12.1. The second-order valence-corrected chi connectivity index (χ2v) is 6.64. The number of carboxylic acid groups (broad SMARTS) is 1. The molecular formula is C21H19NO4. The zero-order valence-electron chi connectivity index (χ0n) is 14.1. The number of ether oxygens (including phenoxy) is 1. The van der Waals surface area contributed by atoms with Crippen molar-refractivity contribution in [2.24, 2.45) is 5.92 Å². The molecule has 2 aliphatic rings. The van der Waals surface area contributed by atoms with Crippen LogP contribution in [-0.2, 0) is 9.53 Å². The lowest BCUT2D eigenvalue weighted by Gasteiger charge is -2.16. The number of aliphatic carboxylic acids is 1. The van der Waals surface area contributed by atoms with Crippen LogP contribution in [0, 0.1) is 5.92 Å². The van der Waals surface area contributed by atoms with Gasteiger partial charge in [0.1, 0.15) is 6.61 Å². The minimum atomic E-state index is -0.877. The van der Waals surface area contributed by atoms with Crippen molar-refractivity contribution in [3.63, 3.8) is 0 Å². The van der Waals surface area contributed by atoms with Crippen LogP contribution in [0.4, 0.5) is 4.79 Å². The minimum Gasteiger partial charge on any atom is -0.481 e. The van der Waals surface area contributed by atoms with Crippen LogP contribution in [0.3, 0.4) is 0 Å². The summed E-state index contributed by atoms with van der Waals surface area (Å²) in [6.07, 6.45) is 3.16. The predicted molar refractivity (Wildman–Crippen MR) is 96.9 cm³/mol. The van der Waals surface area contributed by atoms with E-state index in [9.17, 15) is 9.59 Å². The molecule has 0 spiro atoms. The summed E-state index contributed by atoms with van der Waals surface area (Å²) in [4.78, 5) is 23.1. The number of carbonyl (C=O) groups is 2. The van der Waals surface area contributed by atoms with E-state index in [0.29, 0.717) is 6.42 Å². The first-order chi connectivity index (χ1) is 12.6. The number of carboxylic acids is 1. The van der Waals surface area contributed by atoms with Crippen LogP contribution >= 0.6 is 0 Å². The van der Waals surface area contributed by atoms with E-state index < -0.39 is 18.0 Å². The molecule has 2 aromatic carbocycles. The van der Waals surface area contributed by atoms with Gasteiger partial charge < -0.3 is 15.2 Å². The van der Waals surface area contributed by atoms with Crippen molar-refractivity contribution >= 4 is 12.1 Å². The van der Waals surface area contributed by atoms with Crippen LogP contribution in [0.5, 0.6) is 0 Å². The molecule has 4 rings (SSSR count). The molecule has 5 heteroatoms. The first-order valence-electron chi connectivity index (χ1n) is 8.66. The number of rotatable bonds is 4. The molecule has 0 bridgehead atoms. The minimum absolute atomic E-state index is 0.0130. The lowest BCUT2D eigenvalue weighted by Crippen LogP contribution is -2.34. The molecule has 0 saturated carbocycles. The average Bonchev–Trinajstić information content (AvgIpc) is 3.23. The topological polar surface area (TPSA) is 75.6 Å². The van der Waals surface area contributed by atoms with Crippen LogP contribution in [0.25, 0.3) is 11.1 Å². The van der Waals surface area contributed by atoms with Gasteiger partial charge in [-0.15, -0.1) is 0 Å². The van der Waals surface area contributed by atoms with E-state index in [4.69, 9.17) is 9.84 Å². The first-order valence-corrected chi connectivity index (χ1v) is 8.66. The number of hydrogen-bond acceptors (Lipinski definition) is 3. The van der Waals surface area contributed by atoms with Gasteiger partial charge in [-0.05, 0) is 28.7 Å². The van der Waals surface area contributed by atoms with Gasteiger partial charge in [0.25, 0.3) is 0 Å². The Balaban J connectivity index is 1.41. The van der Waals surface area contributed by atoms with Gasteiger partial charge in [-0.25, -0.2) is 4.79 Å². The van der Waals surface area contributed by atoms with Crippen molar-refractivity contribution in [2.75, 3.05) is 6.61 Å². The molecule has 1 unspecified atom stereocenters. The van der Waals surface area contributed by atoms with E-state index in [1.54, 1.807) is 12.2 Å². The van der Waals surface area contributed by atoms with Gasteiger partial charge >= 0.3 is 12.1 Å². The predicted octanol–water partition coefficient (Wildman–Crippen LogP) is 3.55. The Morgan fingerprint density at radius 2 is 1.62 bits per heavy atom. The van der Waals surface area contributed by atoms with Gasteiger partial charge in [-0.2, -0.15) is 0 Å². The zero-order chi connectivity index (χ0) is 18.1. The summed E-state index contributed by atoms with van der Waals surface area (Å²) in [6.45, 7) is 0.249. The van der Waals surface area contributed by atoms with Gasteiger partial charge in [0.15, 0.2) is 0 Å². The fourth-order valence-corrected chi connectivity index (χ4v) is 3.78. The quantitative estimate of drug-likeness (QED) is 0.828. The molecule has 2 atom stereocenters. The van der Waals surface area contributed by atoms with E-state index >= 15 is 0 Å². The Morgan fingerprint density at radius 1 is 1.00 bits per heavy atom. The van der Waals surface area contributed by atoms with E-state index in [0.717, 1.165) is 11.1 Å². The third-order valence-corrected chi connectivity index (χ3v) is 5.05. The summed E-state index contributed by atoms with van der Waals surface area (Å²) in [6, 6.07) is 16.0. The molecule has 1 amide bonds. The van der Waals surface area contributed by atoms with Gasteiger partial charge in [0.05, 0.1) is 12.0 Å². The third-order valence-electron chi connectivity index (χ3n) is 5.05. The summed E-state index contributed by atoms with van der Waals surface area (Å²) in [5, 5.41) is 11.7. The van der Waals surface area contributed by atoms with Crippen LogP contribution in [0.15, 0.2) is 60.7 Å². The van der Waals surface area contributed by atoms with Crippen molar-refractivity contribution in [1.82, 2.24) is 5.32 Å². The molecule has 0 heterocycles. The van der Waals surface area contributed by atoms with Crippen molar-refractivity contribution in [2.45, 2.75) is 18.4 Å². The highest BCUT2D eigenvalue weighted by molar-refractivity contribution is 5.79. The van der Waals surface area contributed by atoms with E-state index in [1.807, 2.05) is 24.3 Å². The Labute approximate surface area is 151 Å². The Hall–Kier alpha value is -3.08. The number of benzene rings is 2. The Bertz CT molecular complexity index is 844. The average molecular weight is 349 g/mol. The lowest BCUT2D eigenvalue weighted by molar-refractivity contribution is -0.140. The van der Waals surface area contributed by atoms with E-state index in [2.05, 4.69) is 29.6 Å². The number of nitrogens with one attached hydrogen (secondary N) is 1. The number of alkyl carbamates (subject to hydrolysis) is 1. The van der Waals surface area contributed by atoms with Crippen molar-refractivity contribution < 1.29 is 19.4 Å². The Morgan fingerprint density at radius 3 is 2.19 bits per heavy atom. The van der Waals surface area contributed by atoms with Crippen LogP contribution in [-0.4, -0.2) is 29.8 Å². The maximum atomic E-state index is 12.1. The zero-order valence-corrected chi connectivity index (χ0v) is 14.1. The summed E-state index contributed by atoms with van der Waals surface area (Å²) < 4.78 is 5.47. The summed E-state index contributed by atoms with van der Waals surface area (Å²) in [5.74, 6) is -1.41. The summed E-state index contributed by atoms with van der Waals surface area (Å²) in [5.41, 5.74) is 4.68. The highest BCUT2D eigenvalue weighted by Gasteiger charge is 2.30. The molecule has 2 aromatic rings. The van der Waals surface area contributed by atoms with Crippen LogP contribution in [0.1, 0.15) is 23.5 Å². The molecule has 2 N–H and O–H groups in total. The van der Waals surface area contributed by atoms with Crippen molar-refractivity contribution in [1.29, 1.82) is 0 Å². The SMILES string of the molecule is O=C(NC1C=C[C@@H](C(=O)O)C1)OCC1c2ccccc2-c2ccccc21. The number of amides is 1. The van der Waals surface area contributed by atoms with Gasteiger partial charge in [0.2, 0.25) is 0 Å². The smallest absolute Gasteiger partial charge is 0.407 e. The molecule has 132 valence electrons. The molecule has 0 fully saturated rings. The standard InChI is InChI=1S/C21H19NO4/c23-20(24)13-9-10-14(11-13)22-21(25)26-12-19-17-7-3-1-5-15(17)16-6-2-4-8-18(16)19/h1-10,13-14,19H,11-12H2,(H,22,25)(H,23,24)/t13-,14?/m1/s1. The maximum Gasteiger partial charge on any atom is 0.407 e. The molecule has 2 aliphatic carbocycles. The normalized spacial score (nSPS) is 20.5. The highest BCUT2D eigenvalue weighted by atomic mass is 16.5. The Kier molecular flexibility index (Phi) is 4.21. The van der Waals surface area contributed by atoms with Crippen molar-refractivity contribution in [3.05, 3.63) is 71.8 Å². The van der Waals surface area contributed by atoms with E-state index in [-0.39, 0.29) is 18.6 Å². The summed E-state index contributed by atoms with van der Waals surface area (Å²) >= 11 is 0. The van der Waals surface area contributed by atoms with Crippen LogP contribution < -0.4 is 5.32 Å².